The van der Waals surface area contributed by atoms with E-state index in [9.17, 15) is 0 Å². The van der Waals surface area contributed by atoms with E-state index in [1.54, 1.807) is 0 Å². The first-order chi connectivity index (χ1) is 9.94. The summed E-state index contributed by atoms with van der Waals surface area (Å²) in [5.74, 6) is 1.58. The van der Waals surface area contributed by atoms with Crippen LogP contribution in [0, 0.1) is 0 Å². The lowest BCUT2D eigenvalue weighted by Gasteiger charge is -2.23. The fourth-order valence-electron chi connectivity index (χ4n) is 2.18. The van der Waals surface area contributed by atoms with E-state index < -0.39 is 0 Å². The molecule has 0 saturated heterocycles. The van der Waals surface area contributed by atoms with E-state index in [4.69, 9.17) is 15.0 Å². The Labute approximate surface area is 126 Å². The average Bonchev–Trinajstić information content (AvgIpc) is 2.92. The SMILES string of the molecule is CCc1ccc(OCc2cc(CN)no2)c(C(C)(C)C)c1. The van der Waals surface area contributed by atoms with E-state index in [-0.39, 0.29) is 5.41 Å². The monoisotopic (exact) mass is 288 g/mol. The third-order valence-electron chi connectivity index (χ3n) is 3.45. The van der Waals surface area contributed by atoms with Crippen LogP contribution in [-0.4, -0.2) is 5.16 Å². The molecule has 4 nitrogen and oxygen atoms in total. The molecule has 1 aromatic carbocycles. The van der Waals surface area contributed by atoms with Crippen LogP contribution < -0.4 is 10.5 Å². The first-order valence-corrected chi connectivity index (χ1v) is 7.34. The van der Waals surface area contributed by atoms with Gasteiger partial charge in [0, 0.05) is 12.6 Å². The van der Waals surface area contributed by atoms with Gasteiger partial charge in [-0.2, -0.15) is 0 Å². The maximum atomic E-state index is 5.93. The minimum atomic E-state index is 0.0321. The number of hydrogen-bond acceptors (Lipinski definition) is 4. The molecule has 0 unspecified atom stereocenters. The van der Waals surface area contributed by atoms with Crippen molar-refractivity contribution in [3.63, 3.8) is 0 Å². The Morgan fingerprint density at radius 3 is 2.57 bits per heavy atom. The second-order valence-electron chi connectivity index (χ2n) is 6.21. The molecular weight excluding hydrogens is 264 g/mol. The number of nitrogens with zero attached hydrogens (tertiary/aromatic N) is 1. The zero-order valence-corrected chi connectivity index (χ0v) is 13.3. The van der Waals surface area contributed by atoms with Gasteiger partial charge in [0.25, 0.3) is 0 Å². The van der Waals surface area contributed by atoms with E-state index in [2.05, 4.69) is 45.0 Å². The van der Waals surface area contributed by atoms with Crippen LogP contribution in [0.1, 0.15) is 50.3 Å². The summed E-state index contributed by atoms with van der Waals surface area (Å²) >= 11 is 0. The summed E-state index contributed by atoms with van der Waals surface area (Å²) in [5.41, 5.74) is 8.82. The lowest BCUT2D eigenvalue weighted by molar-refractivity contribution is 0.244. The van der Waals surface area contributed by atoms with Crippen LogP contribution in [0.2, 0.25) is 0 Å². The summed E-state index contributed by atoms with van der Waals surface area (Å²) in [4.78, 5) is 0. The topological polar surface area (TPSA) is 61.3 Å². The van der Waals surface area contributed by atoms with Crippen molar-refractivity contribution in [1.29, 1.82) is 0 Å². The van der Waals surface area contributed by atoms with Gasteiger partial charge in [-0.25, -0.2) is 0 Å². The Kier molecular flexibility index (Phi) is 4.68. The second-order valence-corrected chi connectivity index (χ2v) is 6.21. The molecule has 2 rings (SSSR count). The fourth-order valence-corrected chi connectivity index (χ4v) is 2.18. The zero-order valence-electron chi connectivity index (χ0n) is 13.3. The highest BCUT2D eigenvalue weighted by molar-refractivity contribution is 5.41. The van der Waals surface area contributed by atoms with Gasteiger partial charge in [0.1, 0.15) is 12.4 Å². The minimum Gasteiger partial charge on any atom is -0.485 e. The number of aryl methyl sites for hydroxylation is 1. The summed E-state index contributed by atoms with van der Waals surface area (Å²) in [6.45, 7) is 9.47. The summed E-state index contributed by atoms with van der Waals surface area (Å²) in [5, 5.41) is 3.87. The maximum absolute atomic E-state index is 5.93. The molecule has 2 N–H and O–H groups in total. The molecule has 0 fully saturated rings. The highest BCUT2D eigenvalue weighted by Crippen LogP contribution is 2.32. The van der Waals surface area contributed by atoms with Gasteiger partial charge in [0.15, 0.2) is 5.76 Å². The van der Waals surface area contributed by atoms with Crippen molar-refractivity contribution in [2.75, 3.05) is 0 Å². The standard InChI is InChI=1S/C17H24N2O2/c1-5-12-6-7-16(15(8-12)17(2,3)4)20-11-14-9-13(10-18)19-21-14/h6-9H,5,10-11,18H2,1-4H3. The number of rotatable bonds is 5. The van der Waals surface area contributed by atoms with Crippen molar-refractivity contribution in [2.45, 2.75) is 52.7 Å². The number of nitrogens with two attached hydrogens (primary N) is 1. The van der Waals surface area contributed by atoms with Crippen molar-refractivity contribution in [2.24, 2.45) is 5.73 Å². The third kappa shape index (κ3) is 3.85. The molecule has 0 radical (unpaired) electrons. The molecule has 0 atom stereocenters. The summed E-state index contributed by atoms with van der Waals surface area (Å²) in [6.07, 6.45) is 1.02. The van der Waals surface area contributed by atoms with Crippen molar-refractivity contribution in [1.82, 2.24) is 5.16 Å². The quantitative estimate of drug-likeness (QED) is 0.913. The summed E-state index contributed by atoms with van der Waals surface area (Å²) in [7, 11) is 0. The third-order valence-corrected chi connectivity index (χ3v) is 3.45. The second kappa shape index (κ2) is 6.31. The first kappa shape index (κ1) is 15.6. The molecule has 0 saturated carbocycles. The molecule has 1 aromatic heterocycles. The highest BCUT2D eigenvalue weighted by Gasteiger charge is 2.19. The van der Waals surface area contributed by atoms with Crippen molar-refractivity contribution < 1.29 is 9.26 Å². The normalized spacial score (nSPS) is 11.7. The van der Waals surface area contributed by atoms with E-state index in [1.807, 2.05) is 12.1 Å². The summed E-state index contributed by atoms with van der Waals surface area (Å²) in [6, 6.07) is 8.20. The number of aromatic nitrogens is 1. The molecule has 0 aliphatic rings. The number of hydrogen-bond donors (Lipinski definition) is 1. The van der Waals surface area contributed by atoms with Crippen LogP contribution in [0.5, 0.6) is 5.75 Å². The molecular formula is C17H24N2O2. The Balaban J connectivity index is 2.19. The predicted molar refractivity (Wildman–Crippen MR) is 83.2 cm³/mol. The Morgan fingerprint density at radius 1 is 1.24 bits per heavy atom. The van der Waals surface area contributed by atoms with Crippen molar-refractivity contribution in [3.05, 3.63) is 46.8 Å². The van der Waals surface area contributed by atoms with Gasteiger partial charge in [-0.3, -0.25) is 0 Å². The summed E-state index contributed by atoms with van der Waals surface area (Å²) < 4.78 is 11.1. The Hall–Kier alpha value is -1.81. The Morgan fingerprint density at radius 2 is 2.00 bits per heavy atom. The smallest absolute Gasteiger partial charge is 0.174 e. The van der Waals surface area contributed by atoms with E-state index >= 15 is 0 Å². The number of benzene rings is 1. The minimum absolute atomic E-state index is 0.0321. The molecule has 1 heterocycles. The van der Waals surface area contributed by atoms with Crippen LogP contribution >= 0.6 is 0 Å². The lowest BCUT2D eigenvalue weighted by atomic mass is 9.85. The molecule has 0 spiro atoms. The van der Waals surface area contributed by atoms with Crippen LogP contribution in [0.3, 0.4) is 0 Å². The van der Waals surface area contributed by atoms with Gasteiger partial charge < -0.3 is 15.0 Å². The number of ether oxygens (including phenoxy) is 1. The van der Waals surface area contributed by atoms with Crippen molar-refractivity contribution in [3.8, 4) is 5.75 Å². The van der Waals surface area contributed by atoms with Gasteiger partial charge in [-0.05, 0) is 29.0 Å². The van der Waals surface area contributed by atoms with Crippen molar-refractivity contribution >= 4 is 0 Å². The first-order valence-electron chi connectivity index (χ1n) is 7.34. The van der Waals surface area contributed by atoms with Gasteiger partial charge in [-0.1, -0.05) is 45.0 Å². The average molecular weight is 288 g/mol. The van der Waals surface area contributed by atoms with Gasteiger partial charge in [0.05, 0.1) is 5.69 Å². The Bertz CT molecular complexity index is 597. The van der Waals surface area contributed by atoms with Crippen LogP contribution in [0.4, 0.5) is 0 Å². The molecule has 0 aliphatic heterocycles. The zero-order chi connectivity index (χ0) is 15.5. The van der Waals surface area contributed by atoms with Gasteiger partial charge in [0.2, 0.25) is 0 Å². The van der Waals surface area contributed by atoms with Gasteiger partial charge >= 0.3 is 0 Å². The highest BCUT2D eigenvalue weighted by atomic mass is 16.5. The predicted octanol–water partition coefficient (Wildman–Crippen LogP) is 3.57. The van der Waals surface area contributed by atoms with Gasteiger partial charge in [-0.15, -0.1) is 0 Å². The molecule has 21 heavy (non-hydrogen) atoms. The largest absolute Gasteiger partial charge is 0.485 e. The van der Waals surface area contributed by atoms with E-state index in [1.165, 1.54) is 11.1 Å². The molecule has 0 bridgehead atoms. The molecule has 0 aliphatic carbocycles. The van der Waals surface area contributed by atoms with Crippen LogP contribution in [0.25, 0.3) is 0 Å². The van der Waals surface area contributed by atoms with Crippen LogP contribution in [0.15, 0.2) is 28.8 Å². The molecule has 0 amide bonds. The van der Waals surface area contributed by atoms with E-state index in [0.717, 1.165) is 17.9 Å². The fraction of sp³-hybridized carbons (Fsp3) is 0.471. The van der Waals surface area contributed by atoms with E-state index in [0.29, 0.717) is 18.9 Å². The lowest BCUT2D eigenvalue weighted by Crippen LogP contribution is -2.14. The molecule has 2 aromatic rings. The maximum Gasteiger partial charge on any atom is 0.174 e. The molecule has 4 heteroatoms. The molecule has 114 valence electrons. The van der Waals surface area contributed by atoms with Crippen LogP contribution in [-0.2, 0) is 25.0 Å².